The minimum atomic E-state index is -3.39. The van der Waals surface area contributed by atoms with Gasteiger partial charge in [-0.1, -0.05) is 12.1 Å². The summed E-state index contributed by atoms with van der Waals surface area (Å²) < 4.78 is 27.5. The Hall–Kier alpha value is -1.48. The zero-order valence-electron chi connectivity index (χ0n) is 14.0. The smallest absolute Gasteiger partial charge is 0.244 e. The summed E-state index contributed by atoms with van der Waals surface area (Å²) in [5.41, 5.74) is 0.853. The zero-order valence-corrected chi connectivity index (χ0v) is 17.2. The fourth-order valence-electron chi connectivity index (χ4n) is 2.68. The van der Waals surface area contributed by atoms with Gasteiger partial charge in [-0.2, -0.15) is 4.31 Å². The monoisotopic (exact) mass is 454 g/mol. The summed E-state index contributed by atoms with van der Waals surface area (Å²) in [6.45, 7) is 1.53. The van der Waals surface area contributed by atoms with Gasteiger partial charge in [-0.15, -0.1) is 11.3 Å². The second-order valence-electron chi connectivity index (χ2n) is 5.95. The highest BCUT2D eigenvalue weighted by molar-refractivity contribution is 9.11. The molecule has 1 aromatic carbocycles. The molecular formula is C18H19BrN2O3S2. The predicted molar refractivity (Wildman–Crippen MR) is 107 cm³/mol. The Labute approximate surface area is 165 Å². The Morgan fingerprint density at radius 3 is 2.46 bits per heavy atom. The summed E-state index contributed by atoms with van der Waals surface area (Å²) in [6.07, 6.45) is 5.08. The molecule has 0 aliphatic carbocycles. The van der Waals surface area contributed by atoms with Gasteiger partial charge in [0.1, 0.15) is 0 Å². The van der Waals surface area contributed by atoms with E-state index >= 15 is 0 Å². The maximum absolute atomic E-state index is 12.5. The van der Waals surface area contributed by atoms with Gasteiger partial charge < -0.3 is 5.32 Å². The number of rotatable bonds is 6. The van der Waals surface area contributed by atoms with Crippen LogP contribution >= 0.6 is 27.3 Å². The molecule has 26 heavy (non-hydrogen) atoms. The van der Waals surface area contributed by atoms with Crippen molar-refractivity contribution in [1.82, 2.24) is 9.62 Å². The van der Waals surface area contributed by atoms with E-state index in [2.05, 4.69) is 21.2 Å². The molecule has 1 amide bonds. The molecule has 0 atom stereocenters. The highest BCUT2D eigenvalue weighted by atomic mass is 79.9. The molecule has 1 fully saturated rings. The molecule has 2 heterocycles. The lowest BCUT2D eigenvalue weighted by Crippen LogP contribution is -2.27. The molecule has 1 saturated heterocycles. The first-order valence-corrected chi connectivity index (χ1v) is 11.3. The molecule has 2 aromatic rings. The number of nitrogens with zero attached hydrogens (tertiary/aromatic N) is 1. The van der Waals surface area contributed by atoms with E-state index in [0.29, 0.717) is 24.5 Å². The van der Waals surface area contributed by atoms with Gasteiger partial charge in [-0.25, -0.2) is 8.42 Å². The number of amides is 1. The fraction of sp³-hybridized carbons (Fsp3) is 0.278. The Morgan fingerprint density at radius 2 is 1.85 bits per heavy atom. The van der Waals surface area contributed by atoms with Crippen LogP contribution < -0.4 is 5.32 Å². The summed E-state index contributed by atoms with van der Waals surface area (Å²) in [6, 6.07) is 10.5. The van der Waals surface area contributed by atoms with E-state index < -0.39 is 10.0 Å². The van der Waals surface area contributed by atoms with Crippen LogP contribution in [0.3, 0.4) is 0 Å². The third-order valence-electron chi connectivity index (χ3n) is 4.09. The number of hydrogen-bond donors (Lipinski definition) is 1. The van der Waals surface area contributed by atoms with Gasteiger partial charge in [0.15, 0.2) is 0 Å². The molecule has 138 valence electrons. The maximum Gasteiger partial charge on any atom is 0.244 e. The number of sulfonamides is 1. The average molecular weight is 455 g/mol. The molecule has 3 rings (SSSR count). The van der Waals surface area contributed by atoms with Crippen LogP contribution in [0.5, 0.6) is 0 Å². The minimum absolute atomic E-state index is 0.191. The van der Waals surface area contributed by atoms with Crippen LogP contribution in [0.15, 0.2) is 51.2 Å². The number of halogens is 1. The Bertz CT molecular complexity index is 899. The number of carbonyl (C=O) groups excluding carboxylic acids is 1. The lowest BCUT2D eigenvalue weighted by molar-refractivity contribution is -0.116. The van der Waals surface area contributed by atoms with Crippen molar-refractivity contribution >= 4 is 49.3 Å². The van der Waals surface area contributed by atoms with Crippen LogP contribution in [0.1, 0.15) is 23.3 Å². The second-order valence-corrected chi connectivity index (χ2v) is 10.4. The van der Waals surface area contributed by atoms with Gasteiger partial charge in [0.25, 0.3) is 0 Å². The van der Waals surface area contributed by atoms with Crippen molar-refractivity contribution < 1.29 is 13.2 Å². The van der Waals surface area contributed by atoms with Crippen LogP contribution in [0.25, 0.3) is 6.08 Å². The van der Waals surface area contributed by atoms with E-state index in [-0.39, 0.29) is 5.91 Å². The summed E-state index contributed by atoms with van der Waals surface area (Å²) in [7, 11) is -3.39. The molecule has 5 nitrogen and oxygen atoms in total. The molecule has 1 aliphatic rings. The van der Waals surface area contributed by atoms with E-state index in [9.17, 15) is 13.2 Å². The van der Waals surface area contributed by atoms with E-state index in [0.717, 1.165) is 27.1 Å². The van der Waals surface area contributed by atoms with Crippen LogP contribution in [-0.4, -0.2) is 31.7 Å². The molecule has 0 saturated carbocycles. The standard InChI is InChI=1S/C18H19BrN2O3S2/c19-17-9-5-15(25-17)6-10-18(22)20-13-14-3-7-16(8-4-14)26(23,24)21-11-1-2-12-21/h3-10H,1-2,11-13H2,(H,20,22). The minimum Gasteiger partial charge on any atom is -0.348 e. The fourth-order valence-corrected chi connectivity index (χ4v) is 5.52. The molecule has 0 bridgehead atoms. The summed E-state index contributed by atoms with van der Waals surface area (Å²) in [5, 5.41) is 2.80. The lowest BCUT2D eigenvalue weighted by atomic mass is 10.2. The van der Waals surface area contributed by atoms with Gasteiger partial charge in [0.05, 0.1) is 8.68 Å². The molecule has 1 aliphatic heterocycles. The molecule has 0 radical (unpaired) electrons. The number of carbonyl (C=O) groups is 1. The van der Waals surface area contributed by atoms with E-state index in [1.807, 2.05) is 12.1 Å². The van der Waals surface area contributed by atoms with Crippen LogP contribution in [0.4, 0.5) is 0 Å². The summed E-state index contributed by atoms with van der Waals surface area (Å²) >= 11 is 4.93. The van der Waals surface area contributed by atoms with E-state index in [1.54, 1.807) is 41.7 Å². The van der Waals surface area contributed by atoms with Crippen LogP contribution in [-0.2, 0) is 21.4 Å². The number of nitrogens with one attached hydrogen (secondary N) is 1. The van der Waals surface area contributed by atoms with Crippen LogP contribution in [0, 0.1) is 0 Å². The largest absolute Gasteiger partial charge is 0.348 e. The first-order chi connectivity index (χ1) is 12.4. The SMILES string of the molecule is O=C(C=Cc1ccc(Br)s1)NCc1ccc(S(=O)(=O)N2CCCC2)cc1. The number of thiophene rings is 1. The highest BCUT2D eigenvalue weighted by Crippen LogP contribution is 2.23. The zero-order chi connectivity index (χ0) is 18.6. The first kappa shape index (κ1) is 19.3. The Morgan fingerprint density at radius 1 is 1.15 bits per heavy atom. The average Bonchev–Trinajstić information content (AvgIpc) is 3.30. The van der Waals surface area contributed by atoms with Crippen molar-refractivity contribution in [3.63, 3.8) is 0 Å². The first-order valence-electron chi connectivity index (χ1n) is 8.25. The summed E-state index contributed by atoms with van der Waals surface area (Å²) in [5.74, 6) is -0.191. The van der Waals surface area contributed by atoms with Gasteiger partial charge in [-0.3, -0.25) is 4.79 Å². The van der Waals surface area contributed by atoms with Gasteiger partial charge >= 0.3 is 0 Å². The molecule has 1 aromatic heterocycles. The van der Waals surface area contributed by atoms with Gasteiger partial charge in [-0.05, 0) is 64.7 Å². The van der Waals surface area contributed by atoms with Crippen molar-refractivity contribution in [3.05, 3.63) is 56.7 Å². The van der Waals surface area contributed by atoms with Crippen molar-refractivity contribution in [1.29, 1.82) is 0 Å². The topological polar surface area (TPSA) is 66.5 Å². The van der Waals surface area contributed by atoms with Gasteiger partial charge in [0.2, 0.25) is 15.9 Å². The normalized spacial score (nSPS) is 15.6. The van der Waals surface area contributed by atoms with E-state index in [4.69, 9.17) is 0 Å². The molecular weight excluding hydrogens is 436 g/mol. The third-order valence-corrected chi connectivity index (χ3v) is 7.59. The molecule has 8 heteroatoms. The molecule has 0 unspecified atom stereocenters. The van der Waals surface area contributed by atoms with Crippen molar-refractivity contribution in [2.45, 2.75) is 24.3 Å². The Balaban J connectivity index is 1.56. The van der Waals surface area contributed by atoms with Crippen molar-refractivity contribution in [2.24, 2.45) is 0 Å². The van der Waals surface area contributed by atoms with Gasteiger partial charge in [0, 0.05) is 30.6 Å². The summed E-state index contributed by atoms with van der Waals surface area (Å²) in [4.78, 5) is 13.2. The Kier molecular flexibility index (Phi) is 6.29. The predicted octanol–water partition coefficient (Wildman–Crippen LogP) is 3.62. The highest BCUT2D eigenvalue weighted by Gasteiger charge is 2.26. The third kappa shape index (κ3) is 4.82. The second kappa shape index (κ2) is 8.47. The molecule has 1 N–H and O–H groups in total. The molecule has 0 spiro atoms. The number of hydrogen-bond acceptors (Lipinski definition) is 4. The van der Waals surface area contributed by atoms with Crippen molar-refractivity contribution in [3.8, 4) is 0 Å². The maximum atomic E-state index is 12.5. The van der Waals surface area contributed by atoms with E-state index in [1.165, 1.54) is 10.4 Å². The van der Waals surface area contributed by atoms with Crippen LogP contribution in [0.2, 0.25) is 0 Å². The quantitative estimate of drug-likeness (QED) is 0.677. The number of benzene rings is 1. The lowest BCUT2D eigenvalue weighted by Gasteiger charge is -2.15. The van der Waals surface area contributed by atoms with Crippen molar-refractivity contribution in [2.75, 3.05) is 13.1 Å².